The third kappa shape index (κ3) is 4.59. The van der Waals surface area contributed by atoms with Gasteiger partial charge in [-0.2, -0.15) is 5.10 Å². The van der Waals surface area contributed by atoms with E-state index in [9.17, 15) is 14.0 Å². The number of carboxylic acids is 1. The van der Waals surface area contributed by atoms with Crippen LogP contribution < -0.4 is 4.74 Å². The topological polar surface area (TPSA) is 84.7 Å². The number of benzene rings is 1. The third-order valence-electron chi connectivity index (χ3n) is 4.19. The standard InChI is InChI=1S/C18H20FN3O4/c19-13-2-5-16(6-3-13)26-12-17(23)21-8-1-9-22-15(11-21)10-14(20-22)4-7-18(24)25/h2-3,5-6,10H,1,4,7-9,11-12H2,(H,24,25). The number of halogens is 1. The van der Waals surface area contributed by atoms with Crippen LogP contribution in [0.1, 0.15) is 24.2 Å². The first kappa shape index (κ1) is 17.9. The summed E-state index contributed by atoms with van der Waals surface area (Å²) >= 11 is 0. The highest BCUT2D eigenvalue weighted by molar-refractivity contribution is 5.77. The number of ether oxygens (including phenoxy) is 1. The van der Waals surface area contributed by atoms with E-state index in [1.54, 1.807) is 4.90 Å². The predicted molar refractivity (Wildman–Crippen MR) is 90.1 cm³/mol. The van der Waals surface area contributed by atoms with Gasteiger partial charge in [-0.25, -0.2) is 4.39 Å². The van der Waals surface area contributed by atoms with Crippen LogP contribution >= 0.6 is 0 Å². The first-order valence-electron chi connectivity index (χ1n) is 8.45. The number of aliphatic carboxylic acids is 1. The highest BCUT2D eigenvalue weighted by atomic mass is 19.1. The van der Waals surface area contributed by atoms with E-state index >= 15 is 0 Å². The summed E-state index contributed by atoms with van der Waals surface area (Å²) in [4.78, 5) is 24.8. The van der Waals surface area contributed by atoms with Crippen molar-refractivity contribution in [1.82, 2.24) is 14.7 Å². The van der Waals surface area contributed by atoms with Crippen molar-refractivity contribution in [3.05, 3.63) is 47.5 Å². The van der Waals surface area contributed by atoms with Gasteiger partial charge >= 0.3 is 5.97 Å². The Balaban J connectivity index is 1.59. The van der Waals surface area contributed by atoms with Gasteiger partial charge < -0.3 is 14.7 Å². The highest BCUT2D eigenvalue weighted by Crippen LogP contribution is 2.16. The zero-order valence-corrected chi connectivity index (χ0v) is 14.2. The van der Waals surface area contributed by atoms with E-state index < -0.39 is 5.97 Å². The zero-order chi connectivity index (χ0) is 18.5. The van der Waals surface area contributed by atoms with Crippen LogP contribution in [0.25, 0.3) is 0 Å². The van der Waals surface area contributed by atoms with E-state index in [2.05, 4.69) is 5.10 Å². The Morgan fingerprint density at radius 2 is 2.00 bits per heavy atom. The summed E-state index contributed by atoms with van der Waals surface area (Å²) in [7, 11) is 0. The first-order valence-corrected chi connectivity index (χ1v) is 8.45. The quantitative estimate of drug-likeness (QED) is 0.849. The molecular formula is C18H20FN3O4. The minimum Gasteiger partial charge on any atom is -0.484 e. The van der Waals surface area contributed by atoms with Crippen LogP contribution in [0.2, 0.25) is 0 Å². The van der Waals surface area contributed by atoms with Gasteiger partial charge in [0.05, 0.1) is 24.4 Å². The van der Waals surface area contributed by atoms with Crippen molar-refractivity contribution >= 4 is 11.9 Å². The van der Waals surface area contributed by atoms with Gasteiger partial charge in [0.25, 0.3) is 5.91 Å². The van der Waals surface area contributed by atoms with Crippen LogP contribution in [0.4, 0.5) is 4.39 Å². The monoisotopic (exact) mass is 361 g/mol. The lowest BCUT2D eigenvalue weighted by atomic mass is 10.2. The predicted octanol–water partition coefficient (Wildman–Crippen LogP) is 1.85. The Morgan fingerprint density at radius 1 is 1.23 bits per heavy atom. The number of rotatable bonds is 6. The van der Waals surface area contributed by atoms with Crippen molar-refractivity contribution in [2.24, 2.45) is 0 Å². The summed E-state index contributed by atoms with van der Waals surface area (Å²) < 4.78 is 20.2. The molecule has 0 aliphatic carbocycles. The fraction of sp³-hybridized carbons (Fsp3) is 0.389. The maximum atomic E-state index is 12.9. The Kier molecular flexibility index (Phi) is 5.50. The average Bonchev–Trinajstić information content (AvgIpc) is 2.89. The second-order valence-corrected chi connectivity index (χ2v) is 6.16. The van der Waals surface area contributed by atoms with Crippen molar-refractivity contribution in [2.45, 2.75) is 32.4 Å². The van der Waals surface area contributed by atoms with Crippen LogP contribution in [-0.4, -0.2) is 44.8 Å². The van der Waals surface area contributed by atoms with Crippen molar-refractivity contribution in [3.63, 3.8) is 0 Å². The molecule has 26 heavy (non-hydrogen) atoms. The Morgan fingerprint density at radius 3 is 2.73 bits per heavy atom. The molecule has 1 aromatic carbocycles. The highest BCUT2D eigenvalue weighted by Gasteiger charge is 2.21. The van der Waals surface area contributed by atoms with Gasteiger partial charge in [-0.1, -0.05) is 0 Å². The van der Waals surface area contributed by atoms with Gasteiger partial charge in [-0.05, 0) is 36.8 Å². The van der Waals surface area contributed by atoms with Crippen LogP contribution in [0.5, 0.6) is 5.75 Å². The number of amides is 1. The van der Waals surface area contributed by atoms with Gasteiger partial charge in [0.1, 0.15) is 11.6 Å². The zero-order valence-electron chi connectivity index (χ0n) is 14.2. The molecule has 8 heteroatoms. The SMILES string of the molecule is O=C(O)CCc1cc2n(n1)CCCN(C(=O)COc1ccc(F)cc1)C2. The molecule has 0 saturated carbocycles. The summed E-state index contributed by atoms with van der Waals surface area (Å²) in [6.45, 7) is 1.57. The number of aryl methyl sites for hydroxylation is 2. The molecule has 2 heterocycles. The van der Waals surface area contributed by atoms with Crippen LogP contribution in [0.3, 0.4) is 0 Å². The summed E-state index contributed by atoms with van der Waals surface area (Å²) in [5, 5.41) is 13.2. The van der Waals surface area contributed by atoms with Crippen LogP contribution in [-0.2, 0) is 29.1 Å². The molecule has 138 valence electrons. The van der Waals surface area contributed by atoms with E-state index in [-0.39, 0.29) is 24.8 Å². The normalized spacial score (nSPS) is 13.8. The van der Waals surface area contributed by atoms with Gasteiger partial charge in [-0.15, -0.1) is 0 Å². The molecular weight excluding hydrogens is 341 g/mol. The Bertz CT molecular complexity index is 788. The van der Waals surface area contributed by atoms with Gasteiger partial charge in [0.15, 0.2) is 6.61 Å². The lowest BCUT2D eigenvalue weighted by Crippen LogP contribution is -2.34. The first-order chi connectivity index (χ1) is 12.5. The molecule has 1 amide bonds. The van der Waals surface area contributed by atoms with E-state index in [1.165, 1.54) is 24.3 Å². The number of carboxylic acid groups (broad SMARTS) is 1. The van der Waals surface area contributed by atoms with Gasteiger partial charge in [0, 0.05) is 19.5 Å². The Hall–Kier alpha value is -2.90. The molecule has 2 aromatic rings. The van der Waals surface area contributed by atoms with E-state index in [4.69, 9.17) is 9.84 Å². The largest absolute Gasteiger partial charge is 0.484 e. The molecule has 3 rings (SSSR count). The number of nitrogens with zero attached hydrogens (tertiary/aromatic N) is 3. The van der Waals surface area contributed by atoms with Gasteiger partial charge in [0.2, 0.25) is 0 Å². The van der Waals surface area contributed by atoms with E-state index in [1.807, 2.05) is 10.7 Å². The number of hydrogen-bond acceptors (Lipinski definition) is 4. The molecule has 0 saturated heterocycles. The molecule has 0 fully saturated rings. The molecule has 1 aliphatic rings. The van der Waals surface area contributed by atoms with Crippen molar-refractivity contribution in [1.29, 1.82) is 0 Å². The van der Waals surface area contributed by atoms with Crippen LogP contribution in [0.15, 0.2) is 30.3 Å². The van der Waals surface area contributed by atoms with Crippen LogP contribution in [0, 0.1) is 5.82 Å². The van der Waals surface area contributed by atoms with Crippen molar-refractivity contribution < 1.29 is 23.8 Å². The lowest BCUT2D eigenvalue weighted by molar-refractivity contribution is -0.137. The summed E-state index contributed by atoms with van der Waals surface area (Å²) in [5.74, 6) is -0.933. The number of hydrogen-bond donors (Lipinski definition) is 1. The molecule has 1 N–H and O–H groups in total. The smallest absolute Gasteiger partial charge is 0.303 e. The fourth-order valence-electron chi connectivity index (χ4n) is 2.86. The minimum atomic E-state index is -0.858. The molecule has 0 spiro atoms. The number of carbonyl (C=O) groups excluding carboxylic acids is 1. The lowest BCUT2D eigenvalue weighted by Gasteiger charge is -2.20. The van der Waals surface area contributed by atoms with Crippen molar-refractivity contribution in [2.75, 3.05) is 13.2 Å². The van der Waals surface area contributed by atoms with E-state index in [0.29, 0.717) is 31.8 Å². The average molecular weight is 361 g/mol. The number of aromatic nitrogens is 2. The molecule has 0 radical (unpaired) electrons. The molecule has 0 atom stereocenters. The molecule has 0 unspecified atom stereocenters. The second kappa shape index (κ2) is 7.99. The summed E-state index contributed by atoms with van der Waals surface area (Å²) in [6, 6.07) is 7.38. The summed E-state index contributed by atoms with van der Waals surface area (Å²) in [6.07, 6.45) is 1.16. The molecule has 0 bridgehead atoms. The van der Waals surface area contributed by atoms with Crippen molar-refractivity contribution in [3.8, 4) is 5.75 Å². The third-order valence-corrected chi connectivity index (χ3v) is 4.19. The maximum Gasteiger partial charge on any atom is 0.303 e. The molecule has 7 nitrogen and oxygen atoms in total. The second-order valence-electron chi connectivity index (χ2n) is 6.16. The Labute approximate surface area is 150 Å². The summed E-state index contributed by atoms with van der Waals surface area (Å²) in [5.41, 5.74) is 1.61. The molecule has 1 aliphatic heterocycles. The number of fused-ring (bicyclic) bond motifs is 1. The molecule has 1 aromatic heterocycles. The minimum absolute atomic E-state index is 0.0323. The fourth-order valence-corrected chi connectivity index (χ4v) is 2.86. The number of carbonyl (C=O) groups is 2. The van der Waals surface area contributed by atoms with Gasteiger partial charge in [-0.3, -0.25) is 14.3 Å². The van der Waals surface area contributed by atoms with E-state index in [0.717, 1.165) is 17.8 Å². The maximum absolute atomic E-state index is 12.9.